The van der Waals surface area contributed by atoms with E-state index in [-0.39, 0.29) is 5.69 Å². The van der Waals surface area contributed by atoms with Gasteiger partial charge in [0, 0.05) is 0 Å². The van der Waals surface area contributed by atoms with Gasteiger partial charge >= 0.3 is 184 Å². The van der Waals surface area contributed by atoms with E-state index in [0.29, 0.717) is 23.3 Å². The normalized spacial score (nSPS) is 10.9. The summed E-state index contributed by atoms with van der Waals surface area (Å²) in [6, 6.07) is 14.5. The molecule has 0 spiro atoms. The average Bonchev–Trinajstić information content (AvgIpc) is 2.72. The number of amides is 1. The number of carbonyl (C=O) groups is 1. The Hall–Kier alpha value is -2.63. The number of aromatic nitrogens is 3. The number of carbonyl (C=O) groups excluding carboxylic acids is 1. The van der Waals surface area contributed by atoms with Crippen molar-refractivity contribution in [1.82, 2.24) is 15.0 Å². The van der Waals surface area contributed by atoms with Gasteiger partial charge in [0.1, 0.15) is 0 Å². The van der Waals surface area contributed by atoms with Gasteiger partial charge in [-0.1, -0.05) is 0 Å². The van der Waals surface area contributed by atoms with Crippen LogP contribution in [0, 0.1) is 5.82 Å². The van der Waals surface area contributed by atoms with Gasteiger partial charge in [0.15, 0.2) is 0 Å². The summed E-state index contributed by atoms with van der Waals surface area (Å²) in [5, 5.41) is 0.826. The molecule has 0 unspecified atom stereocenters. The van der Waals surface area contributed by atoms with E-state index in [0.717, 1.165) is 25.5 Å². The van der Waals surface area contributed by atoms with Crippen LogP contribution in [0.1, 0.15) is 0 Å². The first-order valence-electron chi connectivity index (χ1n) is 8.56. The molecule has 29 heavy (non-hydrogen) atoms. The van der Waals surface area contributed by atoms with Gasteiger partial charge in [-0.25, -0.2) is 0 Å². The molecule has 5 nitrogen and oxygen atoms in total. The second-order valence-corrected chi connectivity index (χ2v) is 8.15. The van der Waals surface area contributed by atoms with E-state index in [2.05, 4.69) is 47.7 Å². The van der Waals surface area contributed by atoms with Crippen molar-refractivity contribution < 1.29 is 9.18 Å². The van der Waals surface area contributed by atoms with Crippen LogP contribution in [0.4, 0.5) is 10.1 Å². The third-order valence-electron chi connectivity index (χ3n) is 4.50. The van der Waals surface area contributed by atoms with Gasteiger partial charge in [-0.05, 0) is 0 Å². The Labute approximate surface area is 183 Å². The Morgan fingerprint density at radius 3 is 2.66 bits per heavy atom. The molecule has 0 aliphatic rings. The van der Waals surface area contributed by atoms with E-state index in [1.165, 1.54) is 24.3 Å². The van der Waals surface area contributed by atoms with Crippen LogP contribution < -0.4 is 9.38 Å². The summed E-state index contributed by atoms with van der Waals surface area (Å²) >= 11 is 5.95. The van der Waals surface area contributed by atoms with Crippen LogP contribution in [-0.4, -0.2) is 45.3 Å². The monoisotopic (exact) mass is 510 g/mol. The number of halogens is 2. The first kappa shape index (κ1) is 19.7. The van der Waals surface area contributed by atoms with Gasteiger partial charge in [0.25, 0.3) is 0 Å². The van der Waals surface area contributed by atoms with Gasteiger partial charge in [-0.2, -0.15) is 0 Å². The molecule has 1 amide bonds. The quantitative estimate of drug-likeness (QED) is 0.310. The standard InChI is InChI=1S/C21H13AsBrFN4O/c1-28(11-29)18-6-5-13(8-16(18)24)17-9-15(12-3-2-4-14(23)7-12)19-20(22)25-10-26-21(19)27-17/h2-11H,1H3. The summed E-state index contributed by atoms with van der Waals surface area (Å²) in [6.07, 6.45) is 2.02. The van der Waals surface area contributed by atoms with Crippen molar-refractivity contribution >= 4 is 60.4 Å². The van der Waals surface area contributed by atoms with Gasteiger partial charge in [0.2, 0.25) is 0 Å². The Morgan fingerprint density at radius 2 is 1.93 bits per heavy atom. The zero-order chi connectivity index (χ0) is 20.5. The fourth-order valence-corrected chi connectivity index (χ4v) is 4.06. The number of benzene rings is 2. The first-order chi connectivity index (χ1) is 14.0. The number of anilines is 1. The second kappa shape index (κ2) is 8.01. The van der Waals surface area contributed by atoms with Crippen LogP contribution in [0.3, 0.4) is 0 Å². The number of nitrogens with zero attached hydrogens (tertiary/aromatic N) is 4. The van der Waals surface area contributed by atoms with Gasteiger partial charge < -0.3 is 0 Å². The SMILES string of the molecule is CN(C=O)c1ccc(-c2cc(-c3cccc(Br)c3)c3c([As])ncnc3n2)cc1F. The summed E-state index contributed by atoms with van der Waals surface area (Å²) in [7, 11) is 1.50. The third-order valence-corrected chi connectivity index (χ3v) is 5.71. The predicted molar refractivity (Wildman–Crippen MR) is 116 cm³/mol. The van der Waals surface area contributed by atoms with E-state index in [9.17, 15) is 9.18 Å². The topological polar surface area (TPSA) is 59.0 Å². The first-order valence-corrected chi connectivity index (χ1v) is 10.3. The van der Waals surface area contributed by atoms with Gasteiger partial charge in [0.05, 0.1) is 0 Å². The Kier molecular flexibility index (Phi) is 5.43. The molecular formula is C21H13AsBrFN4O. The maximum atomic E-state index is 14.6. The van der Waals surface area contributed by atoms with Crippen LogP contribution in [0.25, 0.3) is 33.4 Å². The minimum absolute atomic E-state index is 0.201. The summed E-state index contributed by atoms with van der Waals surface area (Å²) in [5.74, 6) is -0.501. The molecule has 2 radical (unpaired) electrons. The molecule has 0 bridgehead atoms. The van der Waals surface area contributed by atoms with Crippen molar-refractivity contribution in [1.29, 1.82) is 0 Å². The molecule has 8 heteroatoms. The minimum atomic E-state index is -0.501. The molecule has 0 N–H and O–H groups in total. The van der Waals surface area contributed by atoms with Crippen molar-refractivity contribution in [2.75, 3.05) is 11.9 Å². The molecule has 0 aliphatic heterocycles. The van der Waals surface area contributed by atoms with E-state index in [1.807, 2.05) is 30.3 Å². The molecule has 0 atom stereocenters. The molecule has 0 saturated heterocycles. The van der Waals surface area contributed by atoms with Crippen LogP contribution in [-0.2, 0) is 4.79 Å². The Bertz CT molecular complexity index is 1250. The number of rotatable bonds is 4. The summed E-state index contributed by atoms with van der Waals surface area (Å²) in [5.41, 5.74) is 3.77. The summed E-state index contributed by atoms with van der Waals surface area (Å²) in [4.78, 5) is 25.4. The van der Waals surface area contributed by atoms with Crippen LogP contribution in [0.5, 0.6) is 0 Å². The Balaban J connectivity index is 1.95. The molecule has 142 valence electrons. The van der Waals surface area contributed by atoms with Crippen molar-refractivity contribution in [2.24, 2.45) is 0 Å². The number of hydrogen-bond acceptors (Lipinski definition) is 4. The van der Waals surface area contributed by atoms with E-state index in [4.69, 9.17) is 0 Å². The number of fused-ring (bicyclic) bond motifs is 1. The van der Waals surface area contributed by atoms with Crippen molar-refractivity contribution in [3.63, 3.8) is 0 Å². The molecule has 2 aromatic carbocycles. The molecule has 2 heterocycles. The molecule has 4 aromatic rings. The van der Waals surface area contributed by atoms with Gasteiger partial charge in [-0.15, -0.1) is 0 Å². The summed E-state index contributed by atoms with van der Waals surface area (Å²) in [6.45, 7) is 0. The molecule has 2 aromatic heterocycles. The van der Waals surface area contributed by atoms with E-state index in [1.54, 1.807) is 12.1 Å². The average molecular weight is 511 g/mol. The van der Waals surface area contributed by atoms with Crippen molar-refractivity contribution in [3.05, 3.63) is 65.1 Å². The zero-order valence-corrected chi connectivity index (χ0v) is 18.6. The molecule has 4 rings (SSSR count). The molecule has 0 fully saturated rings. The number of pyridine rings is 1. The van der Waals surface area contributed by atoms with Gasteiger partial charge in [-0.3, -0.25) is 0 Å². The van der Waals surface area contributed by atoms with E-state index >= 15 is 0 Å². The molecule has 0 aliphatic carbocycles. The van der Waals surface area contributed by atoms with Crippen molar-refractivity contribution in [3.8, 4) is 22.4 Å². The zero-order valence-electron chi connectivity index (χ0n) is 15.2. The number of hydrogen-bond donors (Lipinski definition) is 0. The Morgan fingerprint density at radius 1 is 1.10 bits per heavy atom. The van der Waals surface area contributed by atoms with Crippen LogP contribution in [0.2, 0.25) is 0 Å². The van der Waals surface area contributed by atoms with Crippen molar-refractivity contribution in [2.45, 2.75) is 0 Å². The van der Waals surface area contributed by atoms with Crippen LogP contribution >= 0.6 is 15.9 Å². The second-order valence-electron chi connectivity index (χ2n) is 6.34. The predicted octanol–water partition coefficient (Wildman–Crippen LogP) is 3.65. The fraction of sp³-hybridized carbons (Fsp3) is 0.0476. The maximum absolute atomic E-state index is 14.6. The fourth-order valence-electron chi connectivity index (χ4n) is 3.09. The third kappa shape index (κ3) is 3.80. The molecular weight excluding hydrogens is 498 g/mol. The molecule has 0 saturated carbocycles. The van der Waals surface area contributed by atoms with Crippen LogP contribution in [0.15, 0.2) is 59.3 Å². The summed E-state index contributed by atoms with van der Waals surface area (Å²) < 4.78 is 16.3. The van der Waals surface area contributed by atoms with E-state index < -0.39 is 5.82 Å².